The van der Waals surface area contributed by atoms with E-state index in [1.165, 1.54) is 0 Å². The summed E-state index contributed by atoms with van der Waals surface area (Å²) >= 11 is 19.9. The number of fused-ring (bicyclic) bond motifs is 1. The van der Waals surface area contributed by atoms with Gasteiger partial charge >= 0.3 is 0 Å². The summed E-state index contributed by atoms with van der Waals surface area (Å²) in [6, 6.07) is 18.0. The average molecular weight is 445 g/mol. The quantitative estimate of drug-likeness (QED) is 0.362. The zero-order valence-corrected chi connectivity index (χ0v) is 15.5. The summed E-state index contributed by atoms with van der Waals surface area (Å²) < 4.78 is 1.99. The van der Waals surface area contributed by atoms with E-state index in [0.29, 0.717) is 5.02 Å². The van der Waals surface area contributed by atoms with E-state index in [9.17, 15) is 0 Å². The third-order valence-corrected chi connectivity index (χ3v) is 5.50. The molecule has 0 bridgehead atoms. The van der Waals surface area contributed by atoms with Gasteiger partial charge in [0.2, 0.25) is 0 Å². The van der Waals surface area contributed by atoms with Crippen LogP contribution in [0.4, 0.5) is 0 Å². The van der Waals surface area contributed by atoms with E-state index in [1.807, 2.05) is 36.4 Å². The van der Waals surface area contributed by atoms with Crippen LogP contribution in [0.2, 0.25) is 5.02 Å². The van der Waals surface area contributed by atoms with Crippen LogP contribution in [0, 0.1) is 0 Å². The van der Waals surface area contributed by atoms with E-state index in [4.69, 9.17) is 23.2 Å². The van der Waals surface area contributed by atoms with Crippen molar-refractivity contribution >= 4 is 65.8 Å². The zero-order chi connectivity index (χ0) is 15.0. The summed E-state index contributed by atoms with van der Waals surface area (Å²) in [5.41, 5.74) is 2.09. The minimum atomic E-state index is -0.241. The first kappa shape index (κ1) is 15.4. The minimum Gasteiger partial charge on any atom is -0.113 e. The van der Waals surface area contributed by atoms with Gasteiger partial charge in [0.25, 0.3) is 0 Å². The third-order valence-electron chi connectivity index (χ3n) is 3.41. The smallest absolute Gasteiger partial charge is 0.0852 e. The molecule has 4 heteroatoms. The fraction of sp³-hybridized carbons (Fsp3) is 0.0588. The maximum absolute atomic E-state index is 6.73. The number of halogens is 4. The molecular formula is C17H10Br2Cl2. The number of rotatable bonds is 2. The van der Waals surface area contributed by atoms with E-state index in [1.54, 1.807) is 0 Å². The van der Waals surface area contributed by atoms with E-state index in [0.717, 1.165) is 30.8 Å². The van der Waals surface area contributed by atoms with Crippen LogP contribution in [0.5, 0.6) is 0 Å². The van der Waals surface area contributed by atoms with Gasteiger partial charge in [-0.25, -0.2) is 0 Å². The standard InChI is InChI=1S/C17H10Br2Cl2/c18-15-8-7-13(11-3-1-2-4-12(11)15)17(21)14-6-5-10(20)9-16(14)19/h1-9,17H. The van der Waals surface area contributed by atoms with E-state index in [-0.39, 0.29) is 5.38 Å². The lowest BCUT2D eigenvalue weighted by Crippen LogP contribution is -1.96. The predicted molar refractivity (Wildman–Crippen MR) is 98.5 cm³/mol. The van der Waals surface area contributed by atoms with Crippen LogP contribution < -0.4 is 0 Å². The number of hydrogen-bond acceptors (Lipinski definition) is 0. The average Bonchev–Trinajstić information content (AvgIpc) is 2.47. The Kier molecular flexibility index (Phi) is 4.60. The van der Waals surface area contributed by atoms with Gasteiger partial charge in [-0.3, -0.25) is 0 Å². The van der Waals surface area contributed by atoms with Crippen LogP contribution in [0.3, 0.4) is 0 Å². The van der Waals surface area contributed by atoms with Gasteiger partial charge in [0.1, 0.15) is 0 Å². The van der Waals surface area contributed by atoms with Crippen molar-refractivity contribution in [3.8, 4) is 0 Å². The molecule has 0 aromatic heterocycles. The van der Waals surface area contributed by atoms with Crippen LogP contribution >= 0.6 is 55.1 Å². The third kappa shape index (κ3) is 3.00. The second-order valence-electron chi connectivity index (χ2n) is 4.71. The molecule has 0 N–H and O–H groups in total. The Hall–Kier alpha value is -0.540. The monoisotopic (exact) mass is 442 g/mol. The lowest BCUT2D eigenvalue weighted by atomic mass is 9.98. The number of hydrogen-bond donors (Lipinski definition) is 0. The summed E-state index contributed by atoms with van der Waals surface area (Å²) in [5.74, 6) is 0. The topological polar surface area (TPSA) is 0 Å². The van der Waals surface area contributed by atoms with Gasteiger partial charge < -0.3 is 0 Å². The van der Waals surface area contributed by atoms with Gasteiger partial charge in [-0.15, -0.1) is 11.6 Å². The van der Waals surface area contributed by atoms with Crippen LogP contribution in [0.15, 0.2) is 63.5 Å². The SMILES string of the molecule is Clc1ccc(C(Cl)c2ccc(Br)c3ccccc23)c(Br)c1. The normalized spacial score (nSPS) is 12.6. The van der Waals surface area contributed by atoms with Gasteiger partial charge in [-0.05, 0) is 40.1 Å². The van der Waals surface area contributed by atoms with Crippen LogP contribution in [-0.4, -0.2) is 0 Å². The van der Waals surface area contributed by atoms with Crippen molar-refractivity contribution in [3.05, 3.63) is 79.7 Å². The van der Waals surface area contributed by atoms with Crippen molar-refractivity contribution in [1.29, 1.82) is 0 Å². The molecule has 1 unspecified atom stereocenters. The van der Waals surface area contributed by atoms with Gasteiger partial charge in [0, 0.05) is 14.0 Å². The molecule has 0 amide bonds. The molecule has 0 fully saturated rings. The molecule has 3 aromatic carbocycles. The first-order chi connectivity index (χ1) is 10.1. The van der Waals surface area contributed by atoms with Crippen LogP contribution in [-0.2, 0) is 0 Å². The number of benzene rings is 3. The molecule has 0 aliphatic heterocycles. The second-order valence-corrected chi connectivity index (χ2v) is 7.29. The largest absolute Gasteiger partial charge is 0.113 e. The highest BCUT2D eigenvalue weighted by Gasteiger charge is 2.17. The van der Waals surface area contributed by atoms with Gasteiger partial charge in [-0.1, -0.05) is 79.9 Å². The fourth-order valence-corrected chi connectivity index (χ4v) is 4.28. The Balaban J connectivity index is 2.18. The predicted octanol–water partition coefficient (Wildman–Crippen LogP) is 7.35. The summed E-state index contributed by atoms with van der Waals surface area (Å²) in [4.78, 5) is 0. The Bertz CT molecular complexity index is 815. The molecule has 3 aromatic rings. The van der Waals surface area contributed by atoms with Crippen molar-refractivity contribution in [2.24, 2.45) is 0 Å². The van der Waals surface area contributed by atoms with E-state index >= 15 is 0 Å². The van der Waals surface area contributed by atoms with E-state index in [2.05, 4.69) is 50.1 Å². The number of alkyl halides is 1. The molecule has 0 spiro atoms. The molecule has 0 heterocycles. The summed E-state index contributed by atoms with van der Waals surface area (Å²) in [6.07, 6.45) is 0. The highest BCUT2D eigenvalue weighted by atomic mass is 79.9. The van der Waals surface area contributed by atoms with Crippen molar-refractivity contribution in [1.82, 2.24) is 0 Å². The molecule has 0 aliphatic rings. The van der Waals surface area contributed by atoms with Gasteiger partial charge in [-0.2, -0.15) is 0 Å². The molecular weight excluding hydrogens is 435 g/mol. The molecule has 21 heavy (non-hydrogen) atoms. The van der Waals surface area contributed by atoms with Crippen LogP contribution in [0.25, 0.3) is 10.8 Å². The summed E-state index contributed by atoms with van der Waals surface area (Å²) in [5, 5.41) is 2.75. The molecule has 0 radical (unpaired) electrons. The zero-order valence-electron chi connectivity index (χ0n) is 10.8. The van der Waals surface area contributed by atoms with Gasteiger partial charge in [0.05, 0.1) is 5.38 Å². The first-order valence-corrected chi connectivity index (χ1v) is 8.74. The highest BCUT2D eigenvalue weighted by molar-refractivity contribution is 9.11. The first-order valence-electron chi connectivity index (χ1n) is 6.34. The maximum atomic E-state index is 6.73. The Labute approximate surface area is 150 Å². The molecule has 0 nitrogen and oxygen atoms in total. The molecule has 0 saturated carbocycles. The molecule has 1 atom stereocenters. The maximum Gasteiger partial charge on any atom is 0.0852 e. The van der Waals surface area contributed by atoms with Gasteiger partial charge in [0.15, 0.2) is 0 Å². The van der Waals surface area contributed by atoms with Crippen molar-refractivity contribution in [3.63, 3.8) is 0 Å². The van der Waals surface area contributed by atoms with E-state index < -0.39 is 0 Å². The lowest BCUT2D eigenvalue weighted by Gasteiger charge is -2.16. The Morgan fingerprint density at radius 3 is 2.14 bits per heavy atom. The Morgan fingerprint density at radius 2 is 1.43 bits per heavy atom. The Morgan fingerprint density at radius 1 is 0.762 bits per heavy atom. The second kappa shape index (κ2) is 6.29. The fourth-order valence-electron chi connectivity index (χ4n) is 2.38. The van der Waals surface area contributed by atoms with Crippen molar-refractivity contribution in [2.45, 2.75) is 5.38 Å². The summed E-state index contributed by atoms with van der Waals surface area (Å²) in [7, 11) is 0. The van der Waals surface area contributed by atoms with Crippen molar-refractivity contribution < 1.29 is 0 Å². The summed E-state index contributed by atoms with van der Waals surface area (Å²) in [6.45, 7) is 0. The van der Waals surface area contributed by atoms with Crippen LogP contribution in [0.1, 0.15) is 16.5 Å². The highest BCUT2D eigenvalue weighted by Crippen LogP contribution is 2.39. The molecule has 106 valence electrons. The minimum absolute atomic E-state index is 0.241. The molecule has 3 rings (SSSR count). The molecule has 0 aliphatic carbocycles. The van der Waals surface area contributed by atoms with Crippen molar-refractivity contribution in [2.75, 3.05) is 0 Å². The molecule has 0 saturated heterocycles. The lowest BCUT2D eigenvalue weighted by molar-refractivity contribution is 1.14.